The van der Waals surface area contributed by atoms with Crippen molar-refractivity contribution in [2.24, 2.45) is 0 Å². The van der Waals surface area contributed by atoms with Crippen LogP contribution in [0, 0.1) is 0 Å². The highest BCUT2D eigenvalue weighted by atomic mass is 16.5. The first-order valence-corrected chi connectivity index (χ1v) is 6.56. The first-order valence-electron chi connectivity index (χ1n) is 6.56. The summed E-state index contributed by atoms with van der Waals surface area (Å²) >= 11 is 0. The van der Waals surface area contributed by atoms with Gasteiger partial charge < -0.3 is 20.1 Å². The molecule has 0 aliphatic carbocycles. The third kappa shape index (κ3) is 4.65. The van der Waals surface area contributed by atoms with Gasteiger partial charge in [0.05, 0.1) is 19.8 Å². The van der Waals surface area contributed by atoms with Gasteiger partial charge in [0.1, 0.15) is 6.33 Å². The van der Waals surface area contributed by atoms with Gasteiger partial charge in [0.2, 0.25) is 17.8 Å². The Morgan fingerprint density at radius 2 is 2.00 bits per heavy atom. The minimum atomic E-state index is 0.480. The van der Waals surface area contributed by atoms with E-state index >= 15 is 0 Å². The molecule has 2 heterocycles. The zero-order valence-corrected chi connectivity index (χ0v) is 12.1. The van der Waals surface area contributed by atoms with Gasteiger partial charge in [-0.05, 0) is 0 Å². The molecule has 0 aliphatic rings. The second-order valence-electron chi connectivity index (χ2n) is 4.03. The monoisotopic (exact) mass is 293 g/mol. The molecule has 21 heavy (non-hydrogen) atoms. The Balaban J connectivity index is 1.94. The van der Waals surface area contributed by atoms with E-state index in [1.54, 1.807) is 37.4 Å². The predicted molar refractivity (Wildman–Crippen MR) is 77.7 cm³/mol. The van der Waals surface area contributed by atoms with Crippen LogP contribution in [0.1, 0.15) is 0 Å². The van der Waals surface area contributed by atoms with E-state index in [-0.39, 0.29) is 0 Å². The van der Waals surface area contributed by atoms with Crippen molar-refractivity contribution < 1.29 is 9.47 Å². The molecule has 0 aromatic carbocycles. The molecule has 2 aromatic heterocycles. The number of imidazole rings is 1. The van der Waals surface area contributed by atoms with Crippen molar-refractivity contribution in [1.82, 2.24) is 24.5 Å². The van der Waals surface area contributed by atoms with Crippen LogP contribution in [0.2, 0.25) is 0 Å². The number of rotatable bonds is 9. The third-order valence-corrected chi connectivity index (χ3v) is 2.54. The zero-order valence-electron chi connectivity index (χ0n) is 12.1. The topological polar surface area (TPSA) is 99.0 Å². The molecule has 2 N–H and O–H groups in total. The van der Waals surface area contributed by atoms with Gasteiger partial charge in [-0.25, -0.2) is 4.98 Å². The molecule has 2 aromatic rings. The van der Waals surface area contributed by atoms with Gasteiger partial charge in [-0.1, -0.05) is 0 Å². The van der Waals surface area contributed by atoms with Crippen LogP contribution in [-0.2, 0) is 9.47 Å². The fourth-order valence-corrected chi connectivity index (χ4v) is 1.53. The van der Waals surface area contributed by atoms with Crippen molar-refractivity contribution in [3.05, 3.63) is 18.7 Å². The lowest BCUT2D eigenvalue weighted by atomic mass is 10.6. The quantitative estimate of drug-likeness (QED) is 0.631. The van der Waals surface area contributed by atoms with Gasteiger partial charge in [-0.15, -0.1) is 0 Å². The lowest BCUT2D eigenvalue weighted by molar-refractivity contribution is 0.0759. The Morgan fingerprint density at radius 3 is 2.71 bits per heavy atom. The molecule has 0 radical (unpaired) electrons. The Labute approximate surface area is 122 Å². The Morgan fingerprint density at radius 1 is 1.14 bits per heavy atom. The SMILES string of the molecule is CNc1nc(NCCOCCOC)nc(-n2ccnc2)n1. The van der Waals surface area contributed by atoms with E-state index < -0.39 is 0 Å². The fraction of sp³-hybridized carbons (Fsp3) is 0.500. The van der Waals surface area contributed by atoms with Gasteiger partial charge in [-0.2, -0.15) is 15.0 Å². The highest BCUT2D eigenvalue weighted by Gasteiger charge is 2.06. The maximum atomic E-state index is 5.37. The molecule has 9 nitrogen and oxygen atoms in total. The summed E-state index contributed by atoms with van der Waals surface area (Å²) in [6, 6.07) is 0. The molecule has 9 heteroatoms. The van der Waals surface area contributed by atoms with Gasteiger partial charge in [-0.3, -0.25) is 4.57 Å². The van der Waals surface area contributed by atoms with Crippen molar-refractivity contribution in [3.8, 4) is 5.95 Å². The molecule has 114 valence electrons. The number of nitrogens with one attached hydrogen (secondary N) is 2. The highest BCUT2D eigenvalue weighted by molar-refractivity contribution is 5.37. The predicted octanol–water partition coefficient (Wildman–Crippen LogP) is 0.174. The van der Waals surface area contributed by atoms with Crippen LogP contribution >= 0.6 is 0 Å². The van der Waals surface area contributed by atoms with E-state index in [2.05, 4.69) is 30.6 Å². The molecular weight excluding hydrogens is 274 g/mol. The zero-order chi connectivity index (χ0) is 14.9. The van der Waals surface area contributed by atoms with Crippen molar-refractivity contribution in [2.45, 2.75) is 0 Å². The lowest BCUT2D eigenvalue weighted by Crippen LogP contribution is -2.15. The van der Waals surface area contributed by atoms with Gasteiger partial charge in [0.15, 0.2) is 0 Å². The standard InChI is InChI=1S/C12H19N7O2/c1-13-10-16-11(15-4-6-21-8-7-20-2)18-12(17-10)19-5-3-14-9-19/h3,5,9H,4,6-8H2,1-2H3,(H2,13,15,16,17,18). The van der Waals surface area contributed by atoms with Crippen LogP contribution in [0.5, 0.6) is 0 Å². The van der Waals surface area contributed by atoms with Gasteiger partial charge in [0.25, 0.3) is 0 Å². The van der Waals surface area contributed by atoms with E-state index in [1.807, 2.05) is 0 Å². The summed E-state index contributed by atoms with van der Waals surface area (Å²) < 4.78 is 12.0. The Kier molecular flexibility index (Phi) is 5.85. The first-order chi connectivity index (χ1) is 10.3. The normalized spacial score (nSPS) is 10.6. The minimum Gasteiger partial charge on any atom is -0.382 e. The summed E-state index contributed by atoms with van der Waals surface area (Å²) in [5.41, 5.74) is 0. The van der Waals surface area contributed by atoms with E-state index in [0.717, 1.165) is 0 Å². The van der Waals surface area contributed by atoms with E-state index in [0.29, 0.717) is 44.2 Å². The summed E-state index contributed by atoms with van der Waals surface area (Å²) in [5, 5.41) is 6.00. The molecular formula is C12H19N7O2. The second-order valence-corrected chi connectivity index (χ2v) is 4.03. The maximum absolute atomic E-state index is 5.37. The van der Waals surface area contributed by atoms with Gasteiger partial charge >= 0.3 is 0 Å². The van der Waals surface area contributed by atoms with Crippen molar-refractivity contribution >= 4 is 11.9 Å². The summed E-state index contributed by atoms with van der Waals surface area (Å²) in [6.45, 7) is 2.29. The average molecular weight is 293 g/mol. The number of nitrogens with zero attached hydrogens (tertiary/aromatic N) is 5. The third-order valence-electron chi connectivity index (χ3n) is 2.54. The smallest absolute Gasteiger partial charge is 0.241 e. The molecule has 0 unspecified atom stereocenters. The number of aromatic nitrogens is 5. The summed E-state index contributed by atoms with van der Waals surface area (Å²) in [6.07, 6.45) is 5.07. The van der Waals surface area contributed by atoms with Crippen LogP contribution in [-0.4, -0.2) is 65.0 Å². The summed E-state index contributed by atoms with van der Waals surface area (Å²) in [5.74, 6) is 1.46. The van der Waals surface area contributed by atoms with Crippen LogP contribution in [0.4, 0.5) is 11.9 Å². The summed E-state index contributed by atoms with van der Waals surface area (Å²) in [7, 11) is 3.40. The molecule has 0 fully saturated rings. The van der Waals surface area contributed by atoms with Crippen LogP contribution in [0.25, 0.3) is 5.95 Å². The molecule has 0 amide bonds. The van der Waals surface area contributed by atoms with Crippen LogP contribution in [0.15, 0.2) is 18.7 Å². The molecule has 0 saturated carbocycles. The minimum absolute atomic E-state index is 0.480. The van der Waals surface area contributed by atoms with Gasteiger partial charge in [0, 0.05) is 33.1 Å². The largest absolute Gasteiger partial charge is 0.382 e. The number of anilines is 2. The number of ether oxygens (including phenoxy) is 2. The molecule has 0 atom stereocenters. The van der Waals surface area contributed by atoms with Crippen molar-refractivity contribution in [2.75, 3.05) is 51.2 Å². The summed E-state index contributed by atoms with van der Waals surface area (Å²) in [4.78, 5) is 16.8. The number of methoxy groups -OCH3 is 1. The molecule has 0 spiro atoms. The van der Waals surface area contributed by atoms with Crippen LogP contribution in [0.3, 0.4) is 0 Å². The number of hydrogen-bond donors (Lipinski definition) is 2. The average Bonchev–Trinajstić information content (AvgIpc) is 3.05. The van der Waals surface area contributed by atoms with Crippen molar-refractivity contribution in [3.63, 3.8) is 0 Å². The number of hydrogen-bond acceptors (Lipinski definition) is 8. The molecule has 0 bridgehead atoms. The Hall–Kier alpha value is -2.26. The molecule has 0 aliphatic heterocycles. The molecule has 0 saturated heterocycles. The van der Waals surface area contributed by atoms with E-state index in [1.165, 1.54) is 0 Å². The second kappa shape index (κ2) is 8.12. The van der Waals surface area contributed by atoms with Crippen LogP contribution < -0.4 is 10.6 Å². The van der Waals surface area contributed by atoms with Crippen molar-refractivity contribution in [1.29, 1.82) is 0 Å². The van der Waals surface area contributed by atoms with E-state index in [4.69, 9.17) is 9.47 Å². The van der Waals surface area contributed by atoms with E-state index in [9.17, 15) is 0 Å². The first kappa shape index (κ1) is 15.1. The Bertz CT molecular complexity index is 532. The molecule has 2 rings (SSSR count). The highest BCUT2D eigenvalue weighted by Crippen LogP contribution is 2.08. The lowest BCUT2D eigenvalue weighted by Gasteiger charge is -2.09. The fourth-order valence-electron chi connectivity index (χ4n) is 1.53. The maximum Gasteiger partial charge on any atom is 0.241 e.